The number of rotatable bonds is 5. The van der Waals surface area contributed by atoms with Gasteiger partial charge in [-0.15, -0.1) is 0 Å². The Hall–Kier alpha value is -1.60. The Bertz CT molecular complexity index is 773. The van der Waals surface area contributed by atoms with Crippen molar-refractivity contribution in [3.8, 4) is 5.75 Å². The van der Waals surface area contributed by atoms with Crippen molar-refractivity contribution >= 4 is 15.7 Å². The molecule has 26 heavy (non-hydrogen) atoms. The van der Waals surface area contributed by atoms with E-state index in [4.69, 9.17) is 4.74 Å². The van der Waals surface area contributed by atoms with Gasteiger partial charge in [0.15, 0.2) is 9.84 Å². The first-order valence-corrected chi connectivity index (χ1v) is 11.3. The molecule has 0 unspecified atom stereocenters. The van der Waals surface area contributed by atoms with Gasteiger partial charge < -0.3 is 9.64 Å². The maximum Gasteiger partial charge on any atom is 0.226 e. The Morgan fingerprint density at radius 1 is 1.12 bits per heavy atom. The largest absolute Gasteiger partial charge is 0.494 e. The highest BCUT2D eigenvalue weighted by Gasteiger charge is 2.49. The van der Waals surface area contributed by atoms with E-state index in [1.165, 1.54) is 0 Å². The van der Waals surface area contributed by atoms with E-state index in [1.807, 2.05) is 36.1 Å². The van der Waals surface area contributed by atoms with Crippen molar-refractivity contribution in [3.63, 3.8) is 0 Å². The molecule has 0 radical (unpaired) electrons. The average Bonchev–Trinajstić information content (AvgIpc) is 3.39. The Balaban J connectivity index is 1.49. The predicted octanol–water partition coefficient (Wildman–Crippen LogP) is 1.31. The van der Waals surface area contributed by atoms with Crippen molar-refractivity contribution in [2.24, 2.45) is 5.92 Å². The van der Waals surface area contributed by atoms with Crippen LogP contribution in [0.15, 0.2) is 24.3 Å². The molecule has 1 saturated carbocycles. The van der Waals surface area contributed by atoms with Gasteiger partial charge in [-0.25, -0.2) is 8.42 Å². The zero-order valence-corrected chi connectivity index (χ0v) is 16.0. The molecule has 2 saturated heterocycles. The van der Waals surface area contributed by atoms with Crippen LogP contribution in [0.25, 0.3) is 0 Å². The lowest BCUT2D eigenvalue weighted by Gasteiger charge is -2.44. The quantitative estimate of drug-likeness (QED) is 0.773. The molecule has 0 bridgehead atoms. The fourth-order valence-electron chi connectivity index (χ4n) is 4.15. The molecule has 1 aromatic carbocycles. The molecule has 0 spiro atoms. The summed E-state index contributed by atoms with van der Waals surface area (Å²) < 4.78 is 30.0. The first-order valence-electron chi connectivity index (χ1n) is 9.43. The molecule has 0 aromatic heterocycles. The molecule has 2 heterocycles. The molecular formula is C19H26N2O4S. The van der Waals surface area contributed by atoms with Crippen molar-refractivity contribution in [1.82, 2.24) is 9.80 Å². The van der Waals surface area contributed by atoms with Crippen molar-refractivity contribution < 1.29 is 17.9 Å². The second-order valence-electron chi connectivity index (χ2n) is 7.56. The summed E-state index contributed by atoms with van der Waals surface area (Å²) in [5, 5.41) is 0. The number of piperazine rings is 1. The number of carbonyl (C=O) groups excluding carboxylic acids is 1. The number of carbonyl (C=O) groups is 1. The van der Waals surface area contributed by atoms with Gasteiger partial charge in [-0.1, -0.05) is 12.1 Å². The number of hydrogen-bond donors (Lipinski definition) is 0. The molecule has 3 aliphatic rings. The highest BCUT2D eigenvalue weighted by atomic mass is 32.2. The zero-order valence-electron chi connectivity index (χ0n) is 15.1. The van der Waals surface area contributed by atoms with E-state index in [-0.39, 0.29) is 35.4 Å². The summed E-state index contributed by atoms with van der Waals surface area (Å²) in [6.07, 6.45) is 1.91. The van der Waals surface area contributed by atoms with Crippen molar-refractivity contribution in [1.29, 1.82) is 0 Å². The number of fused-ring (bicyclic) bond motifs is 1. The van der Waals surface area contributed by atoms with Crippen LogP contribution < -0.4 is 4.74 Å². The molecule has 2 aliphatic heterocycles. The topological polar surface area (TPSA) is 66.9 Å². The van der Waals surface area contributed by atoms with Crippen molar-refractivity contribution in [2.75, 3.05) is 31.2 Å². The van der Waals surface area contributed by atoms with Crippen molar-refractivity contribution in [3.05, 3.63) is 29.8 Å². The number of amides is 1. The minimum atomic E-state index is -3.10. The summed E-state index contributed by atoms with van der Waals surface area (Å²) in [7, 11) is -3.10. The standard InChI is InChI=1S/C19H26N2O4S/c1-2-25-16-7-3-14(4-8-16)11-20-9-10-21(19(22)15-5-6-15)18-13-26(23,24)12-17(18)20/h3-4,7-8,15,17-18H,2,5-6,9-13H2,1H3/t17-,18+/m0/s1. The minimum Gasteiger partial charge on any atom is -0.494 e. The lowest BCUT2D eigenvalue weighted by molar-refractivity contribution is -0.138. The van der Waals surface area contributed by atoms with Crippen LogP contribution >= 0.6 is 0 Å². The van der Waals surface area contributed by atoms with E-state index in [9.17, 15) is 13.2 Å². The SMILES string of the molecule is CCOc1ccc(CN2CCN(C(=O)C3CC3)[C@@H]3CS(=O)(=O)C[C@@H]32)cc1. The molecule has 2 atom stereocenters. The number of nitrogens with zero attached hydrogens (tertiary/aromatic N) is 2. The molecule has 1 aromatic rings. The summed E-state index contributed by atoms with van der Waals surface area (Å²) in [5.74, 6) is 1.41. The van der Waals surface area contributed by atoms with Crippen LogP contribution in [0.4, 0.5) is 0 Å². The number of hydrogen-bond acceptors (Lipinski definition) is 5. The third-order valence-corrected chi connectivity index (χ3v) is 7.32. The smallest absolute Gasteiger partial charge is 0.226 e. The van der Waals surface area contributed by atoms with Gasteiger partial charge in [-0.05, 0) is 37.5 Å². The van der Waals surface area contributed by atoms with E-state index in [2.05, 4.69) is 4.90 Å². The Labute approximate surface area is 155 Å². The van der Waals surface area contributed by atoms with Gasteiger partial charge in [-0.3, -0.25) is 9.69 Å². The van der Waals surface area contributed by atoms with Gasteiger partial charge in [0.1, 0.15) is 5.75 Å². The van der Waals surface area contributed by atoms with E-state index < -0.39 is 9.84 Å². The summed E-state index contributed by atoms with van der Waals surface area (Å²) in [5.41, 5.74) is 1.14. The lowest BCUT2D eigenvalue weighted by Crippen LogP contribution is -2.60. The molecular weight excluding hydrogens is 352 g/mol. The molecule has 4 rings (SSSR count). The van der Waals surface area contributed by atoms with Crippen molar-refractivity contribution in [2.45, 2.75) is 38.4 Å². The fraction of sp³-hybridized carbons (Fsp3) is 0.632. The summed E-state index contributed by atoms with van der Waals surface area (Å²) in [4.78, 5) is 16.7. The van der Waals surface area contributed by atoms with Crippen LogP contribution in [0.5, 0.6) is 5.75 Å². The highest BCUT2D eigenvalue weighted by Crippen LogP contribution is 2.35. The van der Waals surface area contributed by atoms with Crippen LogP contribution in [0.2, 0.25) is 0 Å². The Morgan fingerprint density at radius 2 is 1.81 bits per heavy atom. The molecule has 142 valence electrons. The Morgan fingerprint density at radius 3 is 2.46 bits per heavy atom. The predicted molar refractivity (Wildman–Crippen MR) is 98.7 cm³/mol. The highest BCUT2D eigenvalue weighted by molar-refractivity contribution is 7.91. The number of benzene rings is 1. The summed E-state index contributed by atoms with van der Waals surface area (Å²) in [6, 6.07) is 7.69. The third-order valence-electron chi connectivity index (χ3n) is 5.62. The first-order chi connectivity index (χ1) is 12.5. The maximum absolute atomic E-state index is 12.6. The van der Waals surface area contributed by atoms with E-state index >= 15 is 0 Å². The lowest BCUT2D eigenvalue weighted by atomic mass is 10.0. The van der Waals surface area contributed by atoms with E-state index in [1.54, 1.807) is 0 Å². The molecule has 1 amide bonds. The monoisotopic (exact) mass is 378 g/mol. The molecule has 6 nitrogen and oxygen atoms in total. The zero-order chi connectivity index (χ0) is 18.3. The fourth-order valence-corrected chi connectivity index (χ4v) is 6.16. The first kappa shape index (κ1) is 17.8. The van der Waals surface area contributed by atoms with Gasteiger partial charge >= 0.3 is 0 Å². The van der Waals surface area contributed by atoms with Crippen LogP contribution in [0, 0.1) is 5.92 Å². The summed E-state index contributed by atoms with van der Waals surface area (Å²) in [6.45, 7) is 4.65. The maximum atomic E-state index is 12.6. The molecule has 7 heteroatoms. The van der Waals surface area contributed by atoms with Gasteiger partial charge in [0.25, 0.3) is 0 Å². The van der Waals surface area contributed by atoms with E-state index in [0.29, 0.717) is 19.7 Å². The van der Waals surface area contributed by atoms with Gasteiger partial charge in [-0.2, -0.15) is 0 Å². The normalized spacial score (nSPS) is 28.0. The molecule has 1 aliphatic carbocycles. The number of sulfone groups is 1. The van der Waals surface area contributed by atoms with E-state index in [0.717, 1.165) is 30.7 Å². The second kappa shape index (κ2) is 6.85. The van der Waals surface area contributed by atoms with Crippen LogP contribution in [-0.2, 0) is 21.2 Å². The van der Waals surface area contributed by atoms with Crippen LogP contribution in [-0.4, -0.2) is 67.4 Å². The molecule has 0 N–H and O–H groups in total. The number of ether oxygens (including phenoxy) is 1. The van der Waals surface area contributed by atoms with Crippen LogP contribution in [0.1, 0.15) is 25.3 Å². The second-order valence-corrected chi connectivity index (χ2v) is 9.72. The summed E-state index contributed by atoms with van der Waals surface area (Å²) >= 11 is 0. The van der Waals surface area contributed by atoms with Crippen LogP contribution in [0.3, 0.4) is 0 Å². The Kier molecular flexibility index (Phi) is 4.69. The van der Waals surface area contributed by atoms with Gasteiger partial charge in [0, 0.05) is 31.6 Å². The average molecular weight is 378 g/mol. The van der Waals surface area contributed by atoms with Gasteiger partial charge in [0.2, 0.25) is 5.91 Å². The van der Waals surface area contributed by atoms with Gasteiger partial charge in [0.05, 0.1) is 24.2 Å². The third kappa shape index (κ3) is 3.60. The minimum absolute atomic E-state index is 0.0944. The molecule has 3 fully saturated rings.